The van der Waals surface area contributed by atoms with Gasteiger partial charge in [0.15, 0.2) is 0 Å². The highest BCUT2D eigenvalue weighted by Crippen LogP contribution is 2.24. The Hall–Kier alpha value is -1.75. The van der Waals surface area contributed by atoms with E-state index in [1.54, 1.807) is 6.20 Å². The molecule has 0 bridgehead atoms. The zero-order chi connectivity index (χ0) is 15.2. The number of hydrogen-bond acceptors (Lipinski definition) is 2. The third-order valence-corrected chi connectivity index (χ3v) is 3.34. The fourth-order valence-electron chi connectivity index (χ4n) is 2.38. The third kappa shape index (κ3) is 3.67. The van der Waals surface area contributed by atoms with Crippen molar-refractivity contribution in [3.63, 3.8) is 0 Å². The Labute approximate surface area is 124 Å². The standard InChI is InChI=1S/C16H21F2N3/c1-3-7-19-15(13-11-12(17)5-6-14(13)18)16-20-8-10-21(16)9-4-2/h5-6,8,10-11,15,19H,3-4,7,9H2,1-2H3. The summed E-state index contributed by atoms with van der Waals surface area (Å²) in [5.74, 6) is -0.144. The molecule has 0 aliphatic carbocycles. The smallest absolute Gasteiger partial charge is 0.130 e. The fraction of sp³-hybridized carbons (Fsp3) is 0.438. The highest BCUT2D eigenvalue weighted by Gasteiger charge is 2.22. The van der Waals surface area contributed by atoms with Crippen molar-refractivity contribution in [2.45, 2.75) is 39.3 Å². The number of aryl methyl sites for hydroxylation is 1. The molecule has 2 rings (SSSR count). The summed E-state index contributed by atoms with van der Waals surface area (Å²) in [7, 11) is 0. The van der Waals surface area contributed by atoms with Gasteiger partial charge in [-0.2, -0.15) is 0 Å². The first-order valence-electron chi connectivity index (χ1n) is 7.36. The van der Waals surface area contributed by atoms with E-state index in [2.05, 4.69) is 17.2 Å². The van der Waals surface area contributed by atoms with E-state index >= 15 is 0 Å². The minimum absolute atomic E-state index is 0.298. The Bertz CT molecular complexity index is 581. The van der Waals surface area contributed by atoms with Crippen molar-refractivity contribution in [3.05, 3.63) is 53.6 Å². The highest BCUT2D eigenvalue weighted by atomic mass is 19.1. The van der Waals surface area contributed by atoms with E-state index in [1.165, 1.54) is 12.1 Å². The van der Waals surface area contributed by atoms with Gasteiger partial charge in [-0.05, 0) is 37.6 Å². The minimum Gasteiger partial charge on any atom is -0.333 e. The van der Waals surface area contributed by atoms with E-state index in [-0.39, 0.29) is 0 Å². The molecule has 0 aliphatic heterocycles. The van der Waals surface area contributed by atoms with E-state index < -0.39 is 17.7 Å². The van der Waals surface area contributed by atoms with Crippen LogP contribution in [0.4, 0.5) is 8.78 Å². The normalized spacial score (nSPS) is 12.6. The number of rotatable bonds is 7. The Morgan fingerprint density at radius 2 is 2.05 bits per heavy atom. The Morgan fingerprint density at radius 3 is 2.76 bits per heavy atom. The van der Waals surface area contributed by atoms with Crippen molar-refractivity contribution in [2.24, 2.45) is 0 Å². The van der Waals surface area contributed by atoms with Gasteiger partial charge in [-0.25, -0.2) is 13.8 Å². The molecule has 0 radical (unpaired) electrons. The molecule has 0 amide bonds. The summed E-state index contributed by atoms with van der Waals surface area (Å²) in [5.41, 5.74) is 0.298. The molecule has 114 valence electrons. The molecule has 1 aromatic heterocycles. The van der Waals surface area contributed by atoms with Crippen LogP contribution in [-0.2, 0) is 6.54 Å². The van der Waals surface area contributed by atoms with Gasteiger partial charge in [0.2, 0.25) is 0 Å². The van der Waals surface area contributed by atoms with E-state index in [1.807, 2.05) is 17.7 Å². The summed E-state index contributed by atoms with van der Waals surface area (Å²) in [6.07, 6.45) is 5.43. The van der Waals surface area contributed by atoms with Crippen LogP contribution in [0.1, 0.15) is 44.1 Å². The van der Waals surface area contributed by atoms with E-state index in [0.717, 1.165) is 31.3 Å². The summed E-state index contributed by atoms with van der Waals surface area (Å²) in [6, 6.07) is 3.10. The molecule has 2 aromatic rings. The summed E-state index contributed by atoms with van der Waals surface area (Å²) in [4.78, 5) is 4.35. The van der Waals surface area contributed by atoms with Gasteiger partial charge in [-0.15, -0.1) is 0 Å². The van der Waals surface area contributed by atoms with Gasteiger partial charge in [0.25, 0.3) is 0 Å². The van der Waals surface area contributed by atoms with E-state index in [4.69, 9.17) is 0 Å². The molecule has 0 fully saturated rings. The monoisotopic (exact) mass is 293 g/mol. The zero-order valence-corrected chi connectivity index (χ0v) is 12.4. The van der Waals surface area contributed by atoms with Crippen molar-refractivity contribution in [2.75, 3.05) is 6.54 Å². The van der Waals surface area contributed by atoms with Gasteiger partial charge in [-0.1, -0.05) is 13.8 Å². The van der Waals surface area contributed by atoms with Crippen LogP contribution in [0.15, 0.2) is 30.6 Å². The fourth-order valence-corrected chi connectivity index (χ4v) is 2.38. The summed E-state index contributed by atoms with van der Waals surface area (Å²) in [6.45, 7) is 5.61. The maximum Gasteiger partial charge on any atom is 0.130 e. The molecule has 1 unspecified atom stereocenters. The number of imidazole rings is 1. The maximum atomic E-state index is 14.1. The van der Waals surface area contributed by atoms with Crippen LogP contribution in [0.5, 0.6) is 0 Å². The molecule has 1 atom stereocenters. The second-order valence-electron chi connectivity index (χ2n) is 5.03. The van der Waals surface area contributed by atoms with Crippen molar-refractivity contribution in [1.29, 1.82) is 0 Å². The molecule has 0 saturated heterocycles. The average Bonchev–Trinajstić information content (AvgIpc) is 2.92. The number of nitrogens with one attached hydrogen (secondary N) is 1. The van der Waals surface area contributed by atoms with Crippen LogP contribution in [0, 0.1) is 11.6 Å². The number of aromatic nitrogens is 2. The van der Waals surface area contributed by atoms with Gasteiger partial charge in [0.1, 0.15) is 17.5 Å². The second-order valence-corrected chi connectivity index (χ2v) is 5.03. The van der Waals surface area contributed by atoms with Crippen molar-refractivity contribution < 1.29 is 8.78 Å². The molecule has 5 heteroatoms. The predicted octanol–water partition coefficient (Wildman–Crippen LogP) is 3.66. The predicted molar refractivity (Wildman–Crippen MR) is 79.0 cm³/mol. The molecule has 0 spiro atoms. The lowest BCUT2D eigenvalue weighted by Crippen LogP contribution is -2.27. The largest absolute Gasteiger partial charge is 0.333 e. The van der Waals surface area contributed by atoms with Crippen LogP contribution in [-0.4, -0.2) is 16.1 Å². The van der Waals surface area contributed by atoms with Gasteiger partial charge in [-0.3, -0.25) is 0 Å². The first-order chi connectivity index (χ1) is 10.2. The van der Waals surface area contributed by atoms with Gasteiger partial charge >= 0.3 is 0 Å². The average molecular weight is 293 g/mol. The number of hydrogen-bond donors (Lipinski definition) is 1. The van der Waals surface area contributed by atoms with E-state index in [0.29, 0.717) is 12.1 Å². The minimum atomic E-state index is -0.442. The summed E-state index contributed by atoms with van der Waals surface area (Å²) in [5, 5.41) is 3.26. The quantitative estimate of drug-likeness (QED) is 0.844. The summed E-state index contributed by atoms with van der Waals surface area (Å²) >= 11 is 0. The van der Waals surface area contributed by atoms with Crippen LogP contribution < -0.4 is 5.32 Å². The van der Waals surface area contributed by atoms with Crippen LogP contribution >= 0.6 is 0 Å². The topological polar surface area (TPSA) is 29.9 Å². The maximum absolute atomic E-state index is 14.1. The van der Waals surface area contributed by atoms with Crippen LogP contribution in [0.25, 0.3) is 0 Å². The van der Waals surface area contributed by atoms with E-state index in [9.17, 15) is 8.78 Å². The number of benzene rings is 1. The SMILES string of the molecule is CCCNC(c1cc(F)ccc1F)c1nccn1CCC. The highest BCUT2D eigenvalue weighted by molar-refractivity contribution is 5.27. The molecule has 1 heterocycles. The molecule has 0 aliphatic rings. The molecule has 1 aromatic carbocycles. The first kappa shape index (κ1) is 15.6. The molecule has 21 heavy (non-hydrogen) atoms. The van der Waals surface area contributed by atoms with Crippen LogP contribution in [0.2, 0.25) is 0 Å². The lowest BCUT2D eigenvalue weighted by atomic mass is 10.0. The Kier molecular flexibility index (Phi) is 5.44. The van der Waals surface area contributed by atoms with Gasteiger partial charge in [0, 0.05) is 24.5 Å². The zero-order valence-electron chi connectivity index (χ0n) is 12.4. The molecular formula is C16H21F2N3. The van der Waals surface area contributed by atoms with Crippen LogP contribution in [0.3, 0.4) is 0 Å². The Morgan fingerprint density at radius 1 is 1.24 bits per heavy atom. The van der Waals surface area contributed by atoms with Gasteiger partial charge < -0.3 is 9.88 Å². The summed E-state index contributed by atoms with van der Waals surface area (Å²) < 4.78 is 29.6. The molecular weight excluding hydrogens is 272 g/mol. The number of halogens is 2. The second kappa shape index (κ2) is 7.31. The van der Waals surface area contributed by atoms with Crippen molar-refractivity contribution in [3.8, 4) is 0 Å². The Balaban J connectivity index is 2.42. The molecule has 0 saturated carbocycles. The molecule has 1 N–H and O–H groups in total. The third-order valence-electron chi connectivity index (χ3n) is 3.34. The lowest BCUT2D eigenvalue weighted by molar-refractivity contribution is 0.498. The van der Waals surface area contributed by atoms with Gasteiger partial charge in [0.05, 0.1) is 6.04 Å². The molecule has 3 nitrogen and oxygen atoms in total. The van der Waals surface area contributed by atoms with Crippen molar-refractivity contribution >= 4 is 0 Å². The van der Waals surface area contributed by atoms with Crippen molar-refractivity contribution in [1.82, 2.24) is 14.9 Å². The lowest BCUT2D eigenvalue weighted by Gasteiger charge is -2.20. The number of nitrogens with zero attached hydrogens (tertiary/aromatic N) is 2. The first-order valence-corrected chi connectivity index (χ1v) is 7.36.